The molecule has 1 amide bonds. The summed E-state index contributed by atoms with van der Waals surface area (Å²) in [5.74, 6) is 0.641. The summed E-state index contributed by atoms with van der Waals surface area (Å²) in [4.78, 5) is 24.2. The highest BCUT2D eigenvalue weighted by atomic mass is 35.5. The van der Waals surface area contributed by atoms with E-state index in [-0.39, 0.29) is 5.91 Å². The molecular weight excluding hydrogens is 498 g/mol. The lowest BCUT2D eigenvalue weighted by Gasteiger charge is -2.08. The Morgan fingerprint density at radius 1 is 1.03 bits per heavy atom. The number of nitrogens with zero attached hydrogens (tertiary/aromatic N) is 3. The molecule has 0 bridgehead atoms. The smallest absolute Gasteiger partial charge is 0.266 e. The van der Waals surface area contributed by atoms with Gasteiger partial charge in [0.1, 0.15) is 12.4 Å². The molecule has 3 aromatic carbocycles. The van der Waals surface area contributed by atoms with Gasteiger partial charge in [-0.25, -0.2) is 4.98 Å². The number of likely N-dealkylation sites (N-methyl/N-ethyl adjacent to an activating group) is 1. The maximum absolute atomic E-state index is 12.8. The first-order valence-corrected chi connectivity index (χ1v) is 12.9. The Labute approximate surface area is 216 Å². The summed E-state index contributed by atoms with van der Waals surface area (Å²) in [5.41, 5.74) is 3.75. The van der Waals surface area contributed by atoms with Crippen molar-refractivity contribution in [2.24, 2.45) is 4.99 Å². The molecule has 174 valence electrons. The van der Waals surface area contributed by atoms with E-state index in [4.69, 9.17) is 16.3 Å². The Bertz CT molecular complexity index is 1420. The highest BCUT2D eigenvalue weighted by Gasteiger charge is 2.30. The van der Waals surface area contributed by atoms with Crippen molar-refractivity contribution in [1.82, 2.24) is 9.88 Å². The van der Waals surface area contributed by atoms with E-state index in [1.165, 1.54) is 23.1 Å². The third-order valence-corrected chi connectivity index (χ3v) is 7.45. The van der Waals surface area contributed by atoms with Crippen molar-refractivity contribution in [1.29, 1.82) is 0 Å². The zero-order valence-corrected chi connectivity index (χ0v) is 21.1. The van der Waals surface area contributed by atoms with Gasteiger partial charge in [0.05, 0.1) is 10.6 Å². The average Bonchev–Trinajstić information content (AvgIpc) is 3.46. The summed E-state index contributed by atoms with van der Waals surface area (Å²) in [7, 11) is 1.73. The molecule has 5 nitrogen and oxygen atoms in total. The molecule has 2 heterocycles. The fourth-order valence-electron chi connectivity index (χ4n) is 3.38. The largest absolute Gasteiger partial charge is 0.489 e. The number of ether oxygens (including phenoxy) is 1. The van der Waals surface area contributed by atoms with Gasteiger partial charge in [0.15, 0.2) is 5.17 Å². The highest BCUT2D eigenvalue weighted by Crippen LogP contribution is 2.35. The van der Waals surface area contributed by atoms with Crippen LogP contribution >= 0.6 is 34.7 Å². The molecule has 0 atom stereocenters. The van der Waals surface area contributed by atoms with Gasteiger partial charge in [0.25, 0.3) is 5.91 Å². The molecule has 0 unspecified atom stereocenters. The molecule has 1 fully saturated rings. The zero-order chi connectivity index (χ0) is 24.2. The summed E-state index contributed by atoms with van der Waals surface area (Å²) in [6.07, 6.45) is 1.86. The lowest BCUT2D eigenvalue weighted by molar-refractivity contribution is -0.121. The third-order valence-electron chi connectivity index (χ3n) is 5.29. The Balaban J connectivity index is 1.27. The number of aromatic nitrogens is 1. The number of carbonyl (C=O) groups excluding carboxylic acids is 1. The van der Waals surface area contributed by atoms with Gasteiger partial charge in [-0.1, -0.05) is 72.3 Å². The van der Waals surface area contributed by atoms with Crippen LogP contribution in [-0.2, 0) is 11.4 Å². The molecule has 5 rings (SSSR count). The van der Waals surface area contributed by atoms with Crippen LogP contribution in [-0.4, -0.2) is 28.0 Å². The van der Waals surface area contributed by atoms with E-state index in [1.54, 1.807) is 11.9 Å². The van der Waals surface area contributed by atoms with Gasteiger partial charge in [0, 0.05) is 28.6 Å². The van der Waals surface area contributed by atoms with Crippen molar-refractivity contribution < 1.29 is 9.53 Å². The summed E-state index contributed by atoms with van der Waals surface area (Å²) in [6, 6.07) is 25.2. The minimum atomic E-state index is -0.0902. The predicted octanol–water partition coefficient (Wildman–Crippen LogP) is 7.28. The Morgan fingerprint density at radius 3 is 2.54 bits per heavy atom. The van der Waals surface area contributed by atoms with E-state index in [9.17, 15) is 4.79 Å². The normalized spacial score (nSPS) is 15.8. The number of halogens is 1. The second kappa shape index (κ2) is 10.5. The van der Waals surface area contributed by atoms with Crippen LogP contribution in [0.2, 0.25) is 5.02 Å². The number of amides is 1. The second-order valence-corrected chi connectivity index (χ2v) is 9.95. The number of carbonyl (C=O) groups is 1. The molecule has 0 aliphatic carbocycles. The van der Waals surface area contributed by atoms with Gasteiger partial charge >= 0.3 is 0 Å². The first-order valence-electron chi connectivity index (χ1n) is 10.8. The van der Waals surface area contributed by atoms with Crippen molar-refractivity contribution in [3.63, 3.8) is 0 Å². The van der Waals surface area contributed by atoms with E-state index < -0.39 is 0 Å². The average molecular weight is 518 g/mol. The first-order chi connectivity index (χ1) is 17.1. The lowest BCUT2D eigenvalue weighted by Crippen LogP contribution is -2.23. The molecular formula is C27H20ClN3O2S2. The van der Waals surface area contributed by atoms with Crippen molar-refractivity contribution in [2.45, 2.75) is 6.61 Å². The summed E-state index contributed by atoms with van der Waals surface area (Å²) < 4.78 is 5.84. The molecule has 8 heteroatoms. The number of hydrogen-bond donors (Lipinski definition) is 0. The Kier molecular flexibility index (Phi) is 6.99. The van der Waals surface area contributed by atoms with Crippen LogP contribution in [0.25, 0.3) is 17.3 Å². The van der Waals surface area contributed by atoms with Crippen LogP contribution in [0.3, 0.4) is 0 Å². The molecule has 1 aromatic heterocycles. The van der Waals surface area contributed by atoms with Crippen LogP contribution in [0, 0.1) is 0 Å². The quantitative estimate of drug-likeness (QED) is 0.252. The molecule has 4 aromatic rings. The molecule has 1 aliphatic rings. The maximum atomic E-state index is 12.8. The summed E-state index contributed by atoms with van der Waals surface area (Å²) >= 11 is 8.99. The topological polar surface area (TPSA) is 54.8 Å². The molecule has 1 aliphatic heterocycles. The standard InChI is InChI=1S/C27H20ClN3O2S2/c1-31-25(32)24(35-27(31)30-26-29-23(17-34-26)19-7-3-2-4-8-19)15-18-11-13-21(14-12-18)33-16-20-9-5-6-10-22(20)28/h2-15,17H,16H2,1H3/b24-15-,30-27+. The van der Waals surface area contributed by atoms with Gasteiger partial charge in [-0.2, -0.15) is 4.99 Å². The zero-order valence-electron chi connectivity index (χ0n) is 18.7. The van der Waals surface area contributed by atoms with Gasteiger partial charge in [0.2, 0.25) is 5.13 Å². The monoisotopic (exact) mass is 517 g/mol. The van der Waals surface area contributed by atoms with E-state index in [1.807, 2.05) is 90.3 Å². The lowest BCUT2D eigenvalue weighted by atomic mass is 10.2. The van der Waals surface area contributed by atoms with Gasteiger partial charge in [-0.05, 0) is 41.6 Å². The Morgan fingerprint density at radius 2 is 1.77 bits per heavy atom. The summed E-state index contributed by atoms with van der Waals surface area (Å²) in [6.45, 7) is 0.391. The fraction of sp³-hybridized carbons (Fsp3) is 0.0741. The number of thioether (sulfide) groups is 1. The van der Waals surface area contributed by atoms with Gasteiger partial charge in [-0.15, -0.1) is 11.3 Å². The second-order valence-electron chi connectivity index (χ2n) is 7.70. The number of benzene rings is 3. The third kappa shape index (κ3) is 5.48. The van der Waals surface area contributed by atoms with Gasteiger partial charge < -0.3 is 4.74 Å². The van der Waals surface area contributed by atoms with Crippen molar-refractivity contribution in [2.75, 3.05) is 7.05 Å². The summed E-state index contributed by atoms with van der Waals surface area (Å²) in [5, 5.41) is 3.88. The molecule has 1 saturated heterocycles. The van der Waals surface area contributed by atoms with Crippen molar-refractivity contribution in [3.05, 3.63) is 105 Å². The number of rotatable bonds is 6. The van der Waals surface area contributed by atoms with E-state index in [0.29, 0.717) is 26.8 Å². The fourth-order valence-corrected chi connectivity index (χ4v) is 5.29. The first kappa shape index (κ1) is 23.4. The number of hydrogen-bond acceptors (Lipinski definition) is 6. The molecule has 0 radical (unpaired) electrons. The van der Waals surface area contributed by atoms with Crippen LogP contribution < -0.4 is 4.74 Å². The van der Waals surface area contributed by atoms with E-state index in [2.05, 4.69) is 9.98 Å². The number of amidine groups is 1. The van der Waals surface area contributed by atoms with Gasteiger partial charge in [-0.3, -0.25) is 9.69 Å². The SMILES string of the molecule is CN1C(=O)/C(=C/c2ccc(OCc3ccccc3Cl)cc2)S/C1=N/c1nc(-c2ccccc2)cs1. The van der Waals surface area contributed by atoms with Crippen LogP contribution in [0.15, 0.2) is 94.1 Å². The molecule has 0 saturated carbocycles. The van der Waals surface area contributed by atoms with Crippen molar-refractivity contribution in [3.8, 4) is 17.0 Å². The number of thiazole rings is 1. The van der Waals surface area contributed by atoms with Crippen LogP contribution in [0.4, 0.5) is 5.13 Å². The number of aliphatic imine (C=N–C) groups is 1. The minimum absolute atomic E-state index is 0.0902. The van der Waals surface area contributed by atoms with Crippen LogP contribution in [0.1, 0.15) is 11.1 Å². The van der Waals surface area contributed by atoms with E-state index in [0.717, 1.165) is 28.1 Å². The minimum Gasteiger partial charge on any atom is -0.489 e. The van der Waals surface area contributed by atoms with E-state index >= 15 is 0 Å². The predicted molar refractivity (Wildman–Crippen MR) is 145 cm³/mol. The van der Waals surface area contributed by atoms with Crippen LogP contribution in [0.5, 0.6) is 5.75 Å². The maximum Gasteiger partial charge on any atom is 0.266 e. The molecule has 0 N–H and O–H groups in total. The molecule has 35 heavy (non-hydrogen) atoms. The Hall–Kier alpha value is -3.39. The van der Waals surface area contributed by atoms with Crippen molar-refractivity contribution >= 4 is 57.0 Å². The molecule has 0 spiro atoms. The highest BCUT2D eigenvalue weighted by molar-refractivity contribution is 8.18.